The van der Waals surface area contributed by atoms with Crippen molar-refractivity contribution >= 4 is 18.3 Å². The molecule has 4 nitrogen and oxygen atoms in total. The van der Waals surface area contributed by atoms with Crippen molar-refractivity contribution in [1.82, 2.24) is 10.6 Å². The molecule has 0 radical (unpaired) electrons. The maximum atomic E-state index is 13.1. The Bertz CT molecular complexity index is 538. The van der Waals surface area contributed by atoms with E-state index in [0.29, 0.717) is 12.5 Å². The lowest BCUT2D eigenvalue weighted by Gasteiger charge is -2.18. The molecule has 0 bridgehead atoms. The van der Waals surface area contributed by atoms with Crippen LogP contribution in [0.15, 0.2) is 24.3 Å². The topological polar surface area (TPSA) is 50.4 Å². The summed E-state index contributed by atoms with van der Waals surface area (Å²) < 4.78 is 31.9. The molecule has 0 aliphatic carbocycles. The predicted molar refractivity (Wildman–Crippen MR) is 91.9 cm³/mol. The molecule has 0 aromatic heterocycles. The Morgan fingerprint density at radius 3 is 2.46 bits per heavy atom. The fourth-order valence-electron chi connectivity index (χ4n) is 2.41. The van der Waals surface area contributed by atoms with Crippen LogP contribution in [0.25, 0.3) is 0 Å². The summed E-state index contributed by atoms with van der Waals surface area (Å²) in [7, 11) is 0. The first-order valence-corrected chi connectivity index (χ1v) is 7.91. The molecule has 2 N–H and O–H groups in total. The summed E-state index contributed by atoms with van der Waals surface area (Å²) in [4.78, 5) is 12.0. The Morgan fingerprint density at radius 2 is 1.96 bits per heavy atom. The number of hydrogen-bond donors (Lipinski definition) is 2. The van der Waals surface area contributed by atoms with Gasteiger partial charge in [-0.1, -0.05) is 26.0 Å². The van der Waals surface area contributed by atoms with Crippen molar-refractivity contribution in [3.05, 3.63) is 29.8 Å². The lowest BCUT2D eigenvalue weighted by atomic mass is 10.1. The summed E-state index contributed by atoms with van der Waals surface area (Å²) >= 11 is 0. The molecule has 2 unspecified atom stereocenters. The van der Waals surface area contributed by atoms with Gasteiger partial charge in [0.25, 0.3) is 5.92 Å². The summed E-state index contributed by atoms with van der Waals surface area (Å²) in [5.74, 6) is -1.97. The molecule has 1 aromatic rings. The second-order valence-electron chi connectivity index (χ2n) is 6.50. The van der Waals surface area contributed by atoms with Crippen molar-refractivity contribution in [2.75, 3.05) is 13.2 Å². The minimum absolute atomic E-state index is 0. The van der Waals surface area contributed by atoms with Gasteiger partial charge in [-0.15, -0.1) is 12.4 Å². The van der Waals surface area contributed by atoms with Crippen molar-refractivity contribution < 1.29 is 18.3 Å². The first-order chi connectivity index (χ1) is 10.8. The molecule has 1 aromatic carbocycles. The van der Waals surface area contributed by atoms with E-state index in [1.54, 1.807) is 0 Å². The summed E-state index contributed by atoms with van der Waals surface area (Å²) in [6.45, 7) is 6.18. The van der Waals surface area contributed by atoms with Crippen LogP contribution in [-0.4, -0.2) is 31.0 Å². The van der Waals surface area contributed by atoms with Gasteiger partial charge in [-0.3, -0.25) is 10.1 Å². The highest BCUT2D eigenvalue weighted by atomic mass is 35.5. The number of rotatable bonds is 6. The molecule has 1 heterocycles. The molecule has 0 spiro atoms. The molecule has 1 saturated heterocycles. The molecule has 1 aliphatic rings. The smallest absolute Gasteiger partial charge is 0.262 e. The predicted octanol–water partition coefficient (Wildman–Crippen LogP) is 3.32. The Kier molecular flexibility index (Phi) is 7.42. The molecule has 2 atom stereocenters. The third kappa shape index (κ3) is 5.91. The fraction of sp³-hybridized carbons (Fsp3) is 0.588. The van der Waals surface area contributed by atoms with Gasteiger partial charge in [-0.25, -0.2) is 8.78 Å². The largest absolute Gasteiger partial charge is 0.493 e. The highest BCUT2D eigenvalue weighted by molar-refractivity contribution is 5.85. The molecule has 1 fully saturated rings. The SMILES string of the molecule is CC(C)COc1ccc(C(C)NC(=O)C2CC(F)(F)CN2)cc1.Cl. The number of carbonyl (C=O) groups is 1. The molecule has 1 aliphatic heterocycles. The van der Waals surface area contributed by atoms with E-state index in [-0.39, 0.29) is 18.4 Å². The second kappa shape index (κ2) is 8.62. The number of nitrogens with one attached hydrogen (secondary N) is 2. The minimum Gasteiger partial charge on any atom is -0.493 e. The van der Waals surface area contributed by atoms with Crippen LogP contribution in [-0.2, 0) is 4.79 Å². The van der Waals surface area contributed by atoms with Crippen LogP contribution in [0.5, 0.6) is 5.75 Å². The number of halogens is 3. The first kappa shape index (κ1) is 20.6. The van der Waals surface area contributed by atoms with Gasteiger partial charge >= 0.3 is 0 Å². The van der Waals surface area contributed by atoms with Crippen LogP contribution in [0.1, 0.15) is 38.8 Å². The fourth-order valence-corrected chi connectivity index (χ4v) is 2.41. The van der Waals surface area contributed by atoms with Crippen molar-refractivity contribution in [3.8, 4) is 5.75 Å². The van der Waals surface area contributed by atoms with Crippen LogP contribution in [0, 0.1) is 5.92 Å². The van der Waals surface area contributed by atoms with Gasteiger partial charge < -0.3 is 10.1 Å². The number of amides is 1. The van der Waals surface area contributed by atoms with Gasteiger partial charge in [0.15, 0.2) is 0 Å². The van der Waals surface area contributed by atoms with E-state index < -0.39 is 30.8 Å². The number of benzene rings is 1. The van der Waals surface area contributed by atoms with E-state index in [9.17, 15) is 13.6 Å². The molecule has 1 amide bonds. The molecule has 7 heteroatoms. The maximum Gasteiger partial charge on any atom is 0.262 e. The number of hydrogen-bond acceptors (Lipinski definition) is 3. The molecule has 0 saturated carbocycles. The summed E-state index contributed by atoms with van der Waals surface area (Å²) in [5.41, 5.74) is 0.903. The van der Waals surface area contributed by atoms with Crippen molar-refractivity contribution in [2.24, 2.45) is 5.92 Å². The van der Waals surface area contributed by atoms with Gasteiger partial charge in [0, 0.05) is 6.42 Å². The van der Waals surface area contributed by atoms with Crippen molar-refractivity contribution in [3.63, 3.8) is 0 Å². The Labute approximate surface area is 147 Å². The monoisotopic (exact) mass is 362 g/mol. The molecule has 24 heavy (non-hydrogen) atoms. The Morgan fingerprint density at radius 1 is 1.33 bits per heavy atom. The van der Waals surface area contributed by atoms with Gasteiger partial charge in [0.2, 0.25) is 5.91 Å². The minimum atomic E-state index is -2.80. The summed E-state index contributed by atoms with van der Waals surface area (Å²) in [6.07, 6.45) is -0.451. The van der Waals surface area contributed by atoms with Gasteiger partial charge in [0.1, 0.15) is 5.75 Å². The average molecular weight is 363 g/mol. The lowest BCUT2D eigenvalue weighted by molar-refractivity contribution is -0.124. The molecule has 2 rings (SSSR count). The quantitative estimate of drug-likeness (QED) is 0.816. The zero-order valence-electron chi connectivity index (χ0n) is 14.1. The van der Waals surface area contributed by atoms with Crippen molar-refractivity contribution in [2.45, 2.75) is 45.2 Å². The van der Waals surface area contributed by atoms with E-state index in [0.717, 1.165) is 11.3 Å². The zero-order chi connectivity index (χ0) is 17.0. The van der Waals surface area contributed by atoms with Gasteiger partial charge in [-0.05, 0) is 30.5 Å². The van der Waals surface area contributed by atoms with E-state index in [1.165, 1.54) is 0 Å². The van der Waals surface area contributed by atoms with Crippen LogP contribution in [0.3, 0.4) is 0 Å². The highest BCUT2D eigenvalue weighted by Gasteiger charge is 2.42. The third-order valence-corrected chi connectivity index (χ3v) is 3.75. The number of carbonyl (C=O) groups excluding carboxylic acids is 1. The van der Waals surface area contributed by atoms with Crippen molar-refractivity contribution in [1.29, 1.82) is 0 Å². The van der Waals surface area contributed by atoms with Gasteiger partial charge in [0.05, 0.1) is 25.2 Å². The van der Waals surface area contributed by atoms with E-state index in [4.69, 9.17) is 4.74 Å². The normalized spacial score (nSPS) is 20.3. The molecular formula is C17H25ClF2N2O2. The van der Waals surface area contributed by atoms with E-state index in [2.05, 4.69) is 24.5 Å². The average Bonchev–Trinajstić information content (AvgIpc) is 2.86. The van der Waals surface area contributed by atoms with Crippen LogP contribution >= 0.6 is 12.4 Å². The van der Waals surface area contributed by atoms with E-state index in [1.807, 2.05) is 31.2 Å². The van der Waals surface area contributed by atoms with Gasteiger partial charge in [-0.2, -0.15) is 0 Å². The lowest BCUT2D eigenvalue weighted by Crippen LogP contribution is -2.41. The van der Waals surface area contributed by atoms with Crippen LogP contribution < -0.4 is 15.4 Å². The second-order valence-corrected chi connectivity index (χ2v) is 6.50. The summed E-state index contributed by atoms with van der Waals surface area (Å²) in [6, 6.07) is 6.36. The molecular weight excluding hydrogens is 338 g/mol. The summed E-state index contributed by atoms with van der Waals surface area (Å²) in [5, 5.41) is 5.33. The Balaban J connectivity index is 0.00000288. The third-order valence-electron chi connectivity index (χ3n) is 3.75. The number of ether oxygens (including phenoxy) is 1. The van der Waals surface area contributed by atoms with Crippen LogP contribution in [0.2, 0.25) is 0 Å². The highest BCUT2D eigenvalue weighted by Crippen LogP contribution is 2.26. The standard InChI is InChI=1S/C17H24F2N2O2.ClH/c1-11(2)9-23-14-6-4-13(5-7-14)12(3)21-16(22)15-8-17(18,19)10-20-15;/h4-7,11-12,15,20H,8-10H2,1-3H3,(H,21,22);1H. The van der Waals surface area contributed by atoms with E-state index >= 15 is 0 Å². The molecule has 136 valence electrons. The number of alkyl halides is 2. The van der Waals surface area contributed by atoms with Crippen LogP contribution in [0.4, 0.5) is 8.78 Å². The maximum absolute atomic E-state index is 13.1. The Hall–Kier alpha value is -1.40. The zero-order valence-corrected chi connectivity index (χ0v) is 15.0. The first-order valence-electron chi connectivity index (χ1n) is 7.91.